The van der Waals surface area contributed by atoms with Gasteiger partial charge in [-0.1, -0.05) is 11.6 Å². The number of halogens is 2. The Bertz CT molecular complexity index is 338. The number of alkyl halides is 1. The second-order valence-corrected chi connectivity index (χ2v) is 4.45. The van der Waals surface area contributed by atoms with Crippen LogP contribution < -0.4 is 9.47 Å². The maximum absolute atomic E-state index is 6.05. The summed E-state index contributed by atoms with van der Waals surface area (Å²) in [5, 5.41) is 0.614. The van der Waals surface area contributed by atoms with Crippen LogP contribution >= 0.6 is 23.2 Å². The summed E-state index contributed by atoms with van der Waals surface area (Å²) < 4.78 is 10.3. The lowest BCUT2D eigenvalue weighted by Gasteiger charge is -2.12. The Morgan fingerprint density at radius 3 is 2.40 bits per heavy atom. The first kappa shape index (κ1) is 12.5. The van der Waals surface area contributed by atoms with Crippen LogP contribution in [0.4, 0.5) is 0 Å². The van der Waals surface area contributed by atoms with Crippen molar-refractivity contribution in [3.63, 3.8) is 0 Å². The maximum atomic E-state index is 6.05. The first-order chi connectivity index (χ1) is 7.08. The van der Waals surface area contributed by atoms with Gasteiger partial charge in [0, 0.05) is 5.38 Å². The SMILES string of the molecule is COc1cc(CC(C)Cl)cc(Cl)c1OC. The van der Waals surface area contributed by atoms with Gasteiger partial charge >= 0.3 is 0 Å². The third-order valence-corrected chi connectivity index (χ3v) is 2.45. The summed E-state index contributed by atoms with van der Waals surface area (Å²) in [7, 11) is 3.15. The van der Waals surface area contributed by atoms with Crippen LogP contribution in [-0.4, -0.2) is 19.6 Å². The lowest BCUT2D eigenvalue weighted by molar-refractivity contribution is 0.354. The third-order valence-electron chi connectivity index (χ3n) is 2.01. The molecule has 84 valence electrons. The third kappa shape index (κ3) is 3.18. The van der Waals surface area contributed by atoms with Crippen molar-refractivity contribution < 1.29 is 9.47 Å². The normalized spacial score (nSPS) is 12.3. The fourth-order valence-corrected chi connectivity index (χ4v) is 1.90. The van der Waals surface area contributed by atoms with Crippen LogP contribution in [0.25, 0.3) is 0 Å². The molecule has 0 N–H and O–H groups in total. The van der Waals surface area contributed by atoms with Gasteiger partial charge in [-0.05, 0) is 31.0 Å². The van der Waals surface area contributed by atoms with Gasteiger partial charge in [-0.3, -0.25) is 0 Å². The molecule has 0 spiro atoms. The van der Waals surface area contributed by atoms with Gasteiger partial charge in [-0.15, -0.1) is 11.6 Å². The van der Waals surface area contributed by atoms with E-state index in [0.29, 0.717) is 16.5 Å². The first-order valence-electron chi connectivity index (χ1n) is 4.63. The van der Waals surface area contributed by atoms with E-state index in [0.717, 1.165) is 12.0 Å². The van der Waals surface area contributed by atoms with Crippen molar-refractivity contribution in [3.05, 3.63) is 22.7 Å². The lowest BCUT2D eigenvalue weighted by atomic mass is 10.1. The summed E-state index contributed by atoms with van der Waals surface area (Å²) in [5.41, 5.74) is 1.04. The zero-order valence-corrected chi connectivity index (χ0v) is 10.5. The van der Waals surface area contributed by atoms with Crippen molar-refractivity contribution in [2.45, 2.75) is 18.7 Å². The van der Waals surface area contributed by atoms with E-state index < -0.39 is 0 Å². The minimum absolute atomic E-state index is 0.0687. The number of ether oxygens (including phenoxy) is 2. The first-order valence-corrected chi connectivity index (χ1v) is 5.44. The molecule has 0 aromatic heterocycles. The molecule has 0 fully saturated rings. The van der Waals surface area contributed by atoms with Crippen molar-refractivity contribution in [2.24, 2.45) is 0 Å². The van der Waals surface area contributed by atoms with E-state index in [1.165, 1.54) is 0 Å². The molecule has 2 nitrogen and oxygen atoms in total. The Morgan fingerprint density at radius 2 is 1.93 bits per heavy atom. The van der Waals surface area contributed by atoms with E-state index in [2.05, 4.69) is 0 Å². The average molecular weight is 249 g/mol. The van der Waals surface area contributed by atoms with Crippen LogP contribution in [0.2, 0.25) is 5.02 Å². The number of methoxy groups -OCH3 is 2. The predicted molar refractivity (Wildman–Crippen MR) is 63.6 cm³/mol. The number of rotatable bonds is 4. The highest BCUT2D eigenvalue weighted by Gasteiger charge is 2.11. The molecule has 0 amide bonds. The van der Waals surface area contributed by atoms with Gasteiger partial charge < -0.3 is 9.47 Å². The maximum Gasteiger partial charge on any atom is 0.179 e. The summed E-state index contributed by atoms with van der Waals surface area (Å²) in [6, 6.07) is 3.74. The van der Waals surface area contributed by atoms with Gasteiger partial charge in [0.2, 0.25) is 0 Å². The zero-order valence-electron chi connectivity index (χ0n) is 9.01. The van der Waals surface area contributed by atoms with Crippen LogP contribution in [-0.2, 0) is 6.42 Å². The standard InChI is InChI=1S/C11H14Cl2O2/c1-7(12)4-8-5-9(13)11(15-3)10(6-8)14-2/h5-7H,4H2,1-3H3. The summed E-state index contributed by atoms with van der Waals surface area (Å²) in [4.78, 5) is 0. The van der Waals surface area contributed by atoms with Gasteiger partial charge in [0.05, 0.1) is 19.2 Å². The number of benzene rings is 1. The number of hydrogen-bond acceptors (Lipinski definition) is 2. The molecule has 1 unspecified atom stereocenters. The van der Waals surface area contributed by atoms with Crippen molar-refractivity contribution in [1.29, 1.82) is 0 Å². The van der Waals surface area contributed by atoms with Crippen molar-refractivity contribution in [2.75, 3.05) is 14.2 Å². The topological polar surface area (TPSA) is 18.5 Å². The molecule has 0 radical (unpaired) electrons. The van der Waals surface area contributed by atoms with Crippen LogP contribution in [0.1, 0.15) is 12.5 Å². The molecule has 0 aliphatic rings. The summed E-state index contributed by atoms with van der Waals surface area (Å²) in [6.07, 6.45) is 0.752. The Morgan fingerprint density at radius 1 is 1.27 bits per heavy atom. The molecule has 1 atom stereocenters. The second kappa shape index (κ2) is 5.47. The van der Waals surface area contributed by atoms with E-state index >= 15 is 0 Å². The van der Waals surface area contributed by atoms with Crippen molar-refractivity contribution >= 4 is 23.2 Å². The van der Waals surface area contributed by atoms with E-state index in [9.17, 15) is 0 Å². The van der Waals surface area contributed by atoms with Gasteiger partial charge in [-0.25, -0.2) is 0 Å². The monoisotopic (exact) mass is 248 g/mol. The molecule has 0 bridgehead atoms. The Hall–Kier alpha value is -0.600. The lowest BCUT2D eigenvalue weighted by Crippen LogP contribution is -1.99. The minimum Gasteiger partial charge on any atom is -0.493 e. The van der Waals surface area contributed by atoms with Crippen LogP contribution in [0.15, 0.2) is 12.1 Å². The zero-order chi connectivity index (χ0) is 11.4. The molecule has 0 heterocycles. The average Bonchev–Trinajstić information content (AvgIpc) is 2.15. The van der Waals surface area contributed by atoms with Crippen LogP contribution in [0.3, 0.4) is 0 Å². The predicted octanol–water partition coefficient (Wildman–Crippen LogP) is 3.53. The molecule has 0 aliphatic heterocycles. The highest BCUT2D eigenvalue weighted by Crippen LogP contribution is 2.36. The molecule has 15 heavy (non-hydrogen) atoms. The van der Waals surface area contributed by atoms with Gasteiger partial charge in [0.25, 0.3) is 0 Å². The molecular weight excluding hydrogens is 235 g/mol. The quantitative estimate of drug-likeness (QED) is 0.760. The number of hydrogen-bond donors (Lipinski definition) is 0. The molecule has 4 heteroatoms. The van der Waals surface area contributed by atoms with Gasteiger partial charge in [0.15, 0.2) is 11.5 Å². The van der Waals surface area contributed by atoms with Gasteiger partial charge in [-0.2, -0.15) is 0 Å². The minimum atomic E-state index is 0.0687. The summed E-state index contributed by atoms with van der Waals surface area (Å²) in [6.45, 7) is 1.94. The van der Waals surface area contributed by atoms with Crippen LogP contribution in [0, 0.1) is 0 Å². The highest BCUT2D eigenvalue weighted by atomic mass is 35.5. The summed E-state index contributed by atoms with van der Waals surface area (Å²) in [5.74, 6) is 1.20. The molecule has 0 aliphatic carbocycles. The second-order valence-electron chi connectivity index (χ2n) is 3.30. The smallest absolute Gasteiger partial charge is 0.179 e. The Kier molecular flexibility index (Phi) is 4.55. The molecule has 1 aromatic carbocycles. The van der Waals surface area contributed by atoms with Gasteiger partial charge in [0.1, 0.15) is 0 Å². The molecule has 1 aromatic rings. The van der Waals surface area contributed by atoms with E-state index in [4.69, 9.17) is 32.7 Å². The Labute approximate surface area is 100 Å². The van der Waals surface area contributed by atoms with Crippen LogP contribution in [0.5, 0.6) is 11.5 Å². The van der Waals surface area contributed by atoms with Crippen molar-refractivity contribution in [1.82, 2.24) is 0 Å². The Balaban J connectivity index is 3.08. The molecule has 0 saturated carbocycles. The molecule has 0 saturated heterocycles. The van der Waals surface area contributed by atoms with Crippen molar-refractivity contribution in [3.8, 4) is 11.5 Å². The van der Waals surface area contributed by atoms with E-state index in [1.54, 1.807) is 14.2 Å². The highest BCUT2D eigenvalue weighted by molar-refractivity contribution is 6.32. The van der Waals surface area contributed by atoms with E-state index in [-0.39, 0.29) is 5.38 Å². The largest absolute Gasteiger partial charge is 0.493 e. The fourth-order valence-electron chi connectivity index (χ4n) is 1.41. The molecular formula is C11H14Cl2O2. The van der Waals surface area contributed by atoms with E-state index in [1.807, 2.05) is 19.1 Å². The fraction of sp³-hybridized carbons (Fsp3) is 0.455. The molecule has 1 rings (SSSR count). The summed E-state index contributed by atoms with van der Waals surface area (Å²) >= 11 is 12.0.